The Balaban J connectivity index is 1.53. The predicted molar refractivity (Wildman–Crippen MR) is 132 cm³/mol. The molecule has 0 aliphatic heterocycles. The molecule has 0 radical (unpaired) electrons. The van der Waals surface area contributed by atoms with Crippen LogP contribution in [0.3, 0.4) is 0 Å². The fourth-order valence-corrected chi connectivity index (χ4v) is 4.29. The minimum atomic E-state index is -0.698. The summed E-state index contributed by atoms with van der Waals surface area (Å²) >= 11 is 12.3. The van der Waals surface area contributed by atoms with Gasteiger partial charge in [0.25, 0.3) is 5.56 Å². The van der Waals surface area contributed by atoms with Gasteiger partial charge in [-0.1, -0.05) is 23.2 Å². The Morgan fingerprint density at radius 3 is 2.64 bits per heavy atom. The molecular formula is C21H22Cl2N10O3. The zero-order valence-corrected chi connectivity index (χ0v) is 21.0. The van der Waals surface area contributed by atoms with Crippen molar-refractivity contribution in [3.05, 3.63) is 84.1 Å². The van der Waals surface area contributed by atoms with Crippen LogP contribution in [0.15, 0.2) is 40.2 Å². The molecule has 1 amide bonds. The topological polar surface area (TPSA) is 157 Å². The maximum Gasteiger partial charge on any atom is 0.350 e. The number of benzene rings is 1. The number of hydrogen-bond acceptors (Lipinski definition) is 8. The summed E-state index contributed by atoms with van der Waals surface area (Å²) in [4.78, 5) is 38.5. The quantitative estimate of drug-likeness (QED) is 0.306. The van der Waals surface area contributed by atoms with Gasteiger partial charge in [-0.2, -0.15) is 9.77 Å². The number of halogens is 2. The van der Waals surface area contributed by atoms with Crippen molar-refractivity contribution in [1.82, 2.24) is 45.0 Å². The van der Waals surface area contributed by atoms with Crippen molar-refractivity contribution in [2.24, 2.45) is 0 Å². The second kappa shape index (κ2) is 10.3. The number of nitrogens with one attached hydrogen (secondary N) is 3. The maximum atomic E-state index is 13.1. The molecule has 188 valence electrons. The van der Waals surface area contributed by atoms with Crippen LogP contribution in [0.4, 0.5) is 0 Å². The molecule has 3 aromatic heterocycles. The van der Waals surface area contributed by atoms with Gasteiger partial charge in [-0.25, -0.2) is 9.48 Å². The van der Waals surface area contributed by atoms with E-state index in [2.05, 4.69) is 36.5 Å². The molecule has 0 saturated heterocycles. The van der Waals surface area contributed by atoms with Crippen molar-refractivity contribution in [1.29, 1.82) is 0 Å². The lowest BCUT2D eigenvalue weighted by Gasteiger charge is -2.19. The Labute approximate surface area is 214 Å². The van der Waals surface area contributed by atoms with Crippen molar-refractivity contribution < 1.29 is 4.79 Å². The summed E-state index contributed by atoms with van der Waals surface area (Å²) < 4.78 is 3.49. The largest absolute Gasteiger partial charge is 0.350 e. The molecule has 1 atom stereocenters. The minimum absolute atomic E-state index is 0.107. The van der Waals surface area contributed by atoms with E-state index in [-0.39, 0.29) is 13.1 Å². The number of hydrogen-bond donors (Lipinski definition) is 3. The second-order valence-corrected chi connectivity index (χ2v) is 8.83. The zero-order valence-electron chi connectivity index (χ0n) is 19.5. The van der Waals surface area contributed by atoms with Gasteiger partial charge in [0.2, 0.25) is 5.91 Å². The van der Waals surface area contributed by atoms with Crippen LogP contribution in [0.25, 0.3) is 5.69 Å². The van der Waals surface area contributed by atoms with Crippen molar-refractivity contribution in [2.75, 3.05) is 5.43 Å². The highest BCUT2D eigenvalue weighted by atomic mass is 35.5. The lowest BCUT2D eigenvalue weighted by molar-refractivity contribution is -0.121. The average molecular weight is 533 g/mol. The monoisotopic (exact) mass is 532 g/mol. The van der Waals surface area contributed by atoms with Crippen LogP contribution < -0.4 is 22.0 Å². The van der Waals surface area contributed by atoms with Gasteiger partial charge in [-0.05, 0) is 55.0 Å². The molecule has 13 nitrogen and oxygen atoms in total. The van der Waals surface area contributed by atoms with Crippen LogP contribution in [-0.2, 0) is 17.9 Å². The van der Waals surface area contributed by atoms with E-state index in [1.165, 1.54) is 21.6 Å². The summed E-state index contributed by atoms with van der Waals surface area (Å²) in [6.07, 6.45) is 1.42. The molecule has 15 heteroatoms. The van der Waals surface area contributed by atoms with E-state index in [1.807, 2.05) is 0 Å². The number of carbonyl (C=O) groups is 1. The Bertz CT molecular complexity index is 1500. The number of carbonyl (C=O) groups excluding carboxylic acids is 1. The number of aryl methyl sites for hydroxylation is 2. The molecule has 1 unspecified atom stereocenters. The Morgan fingerprint density at radius 2 is 1.97 bits per heavy atom. The van der Waals surface area contributed by atoms with Crippen LogP contribution in [0.5, 0.6) is 0 Å². The van der Waals surface area contributed by atoms with E-state index in [4.69, 9.17) is 23.2 Å². The lowest BCUT2D eigenvalue weighted by Crippen LogP contribution is -2.47. The van der Waals surface area contributed by atoms with E-state index >= 15 is 0 Å². The molecular weight excluding hydrogens is 511 g/mol. The summed E-state index contributed by atoms with van der Waals surface area (Å²) in [6, 6.07) is 5.85. The van der Waals surface area contributed by atoms with Crippen LogP contribution >= 0.6 is 23.2 Å². The van der Waals surface area contributed by atoms with Crippen molar-refractivity contribution >= 4 is 29.1 Å². The van der Waals surface area contributed by atoms with Gasteiger partial charge in [0.15, 0.2) is 0 Å². The first-order chi connectivity index (χ1) is 17.2. The van der Waals surface area contributed by atoms with Gasteiger partial charge in [0.05, 0.1) is 17.4 Å². The van der Waals surface area contributed by atoms with Crippen LogP contribution in [-0.4, -0.2) is 45.6 Å². The number of rotatable bonds is 8. The number of aromatic amines is 1. The summed E-state index contributed by atoms with van der Waals surface area (Å²) in [6.45, 7) is 4.86. The van der Waals surface area contributed by atoms with Crippen molar-refractivity contribution in [3.63, 3.8) is 0 Å². The van der Waals surface area contributed by atoms with Gasteiger partial charge in [0.1, 0.15) is 18.0 Å². The minimum Gasteiger partial charge on any atom is -0.350 e. The van der Waals surface area contributed by atoms with Gasteiger partial charge in [-0.15, -0.1) is 5.10 Å². The van der Waals surface area contributed by atoms with Crippen molar-refractivity contribution in [3.8, 4) is 5.69 Å². The molecule has 4 rings (SSSR count). The number of amides is 1. The van der Waals surface area contributed by atoms with E-state index in [0.29, 0.717) is 38.4 Å². The first-order valence-corrected chi connectivity index (χ1v) is 11.5. The van der Waals surface area contributed by atoms with Gasteiger partial charge in [-0.3, -0.25) is 19.3 Å². The van der Waals surface area contributed by atoms with Gasteiger partial charge >= 0.3 is 5.69 Å². The second-order valence-electron chi connectivity index (χ2n) is 8.02. The van der Waals surface area contributed by atoms with Crippen LogP contribution in [0.1, 0.15) is 35.5 Å². The third-order valence-corrected chi connectivity index (χ3v) is 6.04. The molecule has 0 aliphatic rings. The standard InChI is InChI=1S/C21H22Cl2N10O3/c1-11-6-18(35)33(28-13(3)19-12(2)26-27-20(19)23)21(36)31(11)9-17(34)24-8-14-7-15(22)4-5-16(14)32-10-25-29-30-32/h4-7,10,13,28H,8-9H2,1-3H3,(H,24,34)(H,26,27). The molecule has 0 bridgehead atoms. The van der Waals surface area contributed by atoms with Crippen LogP contribution in [0, 0.1) is 13.8 Å². The normalized spacial score (nSPS) is 11.9. The third kappa shape index (κ3) is 5.16. The molecule has 0 spiro atoms. The third-order valence-electron chi connectivity index (χ3n) is 5.52. The zero-order chi connectivity index (χ0) is 26.0. The molecule has 4 aromatic rings. The predicted octanol–water partition coefficient (Wildman–Crippen LogP) is 1.25. The van der Waals surface area contributed by atoms with Gasteiger partial charge < -0.3 is 10.7 Å². The fraction of sp³-hybridized carbons (Fsp3) is 0.286. The highest BCUT2D eigenvalue weighted by molar-refractivity contribution is 6.30. The highest BCUT2D eigenvalue weighted by Crippen LogP contribution is 2.24. The first kappa shape index (κ1) is 25.1. The number of tetrazole rings is 1. The van der Waals surface area contributed by atoms with Gasteiger partial charge in [0, 0.05) is 28.9 Å². The van der Waals surface area contributed by atoms with Crippen LogP contribution in [0.2, 0.25) is 10.2 Å². The number of aromatic nitrogens is 8. The SMILES string of the molecule is Cc1n[nH]c(Cl)c1C(C)Nn1c(=O)cc(C)n(CC(=O)NCc2cc(Cl)ccc2-n2cnnn2)c1=O. The number of nitrogens with zero attached hydrogens (tertiary/aromatic N) is 7. The maximum absolute atomic E-state index is 13.1. The summed E-state index contributed by atoms with van der Waals surface area (Å²) in [7, 11) is 0. The molecule has 1 aromatic carbocycles. The lowest BCUT2D eigenvalue weighted by atomic mass is 10.1. The molecule has 3 heterocycles. The summed E-state index contributed by atoms with van der Waals surface area (Å²) in [5.41, 5.74) is 4.47. The fourth-order valence-electron chi connectivity index (χ4n) is 3.76. The Morgan fingerprint density at radius 1 is 1.19 bits per heavy atom. The molecule has 36 heavy (non-hydrogen) atoms. The smallest absolute Gasteiger partial charge is 0.350 e. The molecule has 0 saturated carbocycles. The summed E-state index contributed by atoms with van der Waals surface area (Å²) in [5.74, 6) is -0.449. The van der Waals surface area contributed by atoms with E-state index in [9.17, 15) is 14.4 Å². The summed E-state index contributed by atoms with van der Waals surface area (Å²) in [5, 5.41) is 21.3. The van der Waals surface area contributed by atoms with Crippen molar-refractivity contribution in [2.45, 2.75) is 39.9 Å². The Kier molecular flexibility index (Phi) is 7.22. The molecule has 3 N–H and O–H groups in total. The first-order valence-electron chi connectivity index (χ1n) is 10.7. The highest BCUT2D eigenvalue weighted by Gasteiger charge is 2.19. The van der Waals surface area contributed by atoms with E-state index in [1.54, 1.807) is 39.0 Å². The molecule has 0 aliphatic carbocycles. The molecule has 0 fully saturated rings. The van der Waals surface area contributed by atoms with E-state index < -0.39 is 23.2 Å². The Hall–Kier alpha value is -3.97. The van der Waals surface area contributed by atoms with E-state index in [0.717, 1.165) is 4.68 Å². The number of H-pyrrole nitrogens is 1. The average Bonchev–Trinajstić information content (AvgIpc) is 3.48.